The number of H-pyrrole nitrogens is 1. The number of Topliss-reactive ketones (excluding diaryl/α,β-unsaturated/α-hetero) is 1. The molecule has 6 heteroatoms. The number of rotatable bonds is 4. The molecule has 1 amide bonds. The average Bonchev–Trinajstić information content (AvgIpc) is 3.28. The summed E-state index contributed by atoms with van der Waals surface area (Å²) < 4.78 is 0. The molecule has 0 radical (unpaired) electrons. The van der Waals surface area contributed by atoms with Crippen molar-refractivity contribution < 1.29 is 14.5 Å². The maximum atomic E-state index is 12.9. The maximum absolute atomic E-state index is 12.9. The number of quaternary nitrogens is 1. The maximum Gasteiger partial charge on any atom is 0.264 e. The number of hydrogen-bond acceptors (Lipinski definition) is 3. The van der Waals surface area contributed by atoms with Gasteiger partial charge in [0.2, 0.25) is 5.78 Å². The number of carbonyl (C=O) groups is 2. The van der Waals surface area contributed by atoms with Gasteiger partial charge in [-0.1, -0.05) is 24.3 Å². The van der Waals surface area contributed by atoms with Crippen LogP contribution in [-0.4, -0.2) is 54.3 Å². The fourth-order valence-electron chi connectivity index (χ4n) is 3.71. The van der Waals surface area contributed by atoms with Crippen LogP contribution < -0.4 is 4.90 Å². The Morgan fingerprint density at radius 2 is 1.92 bits per heavy atom. The number of ketones is 1. The van der Waals surface area contributed by atoms with Gasteiger partial charge in [-0.2, -0.15) is 0 Å². The monoisotopic (exact) mass is 368 g/mol. The third-order valence-electron chi connectivity index (χ3n) is 5.07. The van der Waals surface area contributed by atoms with Crippen LogP contribution in [0.1, 0.15) is 25.7 Å². The quantitative estimate of drug-likeness (QED) is 0.690. The first-order chi connectivity index (χ1) is 12.6. The molecule has 1 fully saturated rings. The average molecular weight is 368 g/mol. The van der Waals surface area contributed by atoms with E-state index in [9.17, 15) is 9.59 Å². The van der Waals surface area contributed by atoms with E-state index in [4.69, 9.17) is 0 Å². The molecule has 134 valence electrons. The van der Waals surface area contributed by atoms with Crippen LogP contribution in [-0.2, 0) is 0 Å². The fourth-order valence-corrected chi connectivity index (χ4v) is 4.40. The molecule has 5 nitrogen and oxygen atoms in total. The van der Waals surface area contributed by atoms with Crippen LogP contribution in [0.15, 0.2) is 41.8 Å². The van der Waals surface area contributed by atoms with Crippen LogP contribution in [0.5, 0.6) is 0 Å². The molecule has 0 saturated carbocycles. The number of thiophene rings is 1. The van der Waals surface area contributed by atoms with Crippen molar-refractivity contribution in [2.24, 2.45) is 0 Å². The number of aromatic amines is 1. The molecule has 0 spiro atoms. The van der Waals surface area contributed by atoms with Crippen LogP contribution in [0.3, 0.4) is 0 Å². The van der Waals surface area contributed by atoms with E-state index in [0.717, 1.165) is 40.1 Å². The van der Waals surface area contributed by atoms with E-state index in [2.05, 4.69) is 4.98 Å². The first-order valence-electron chi connectivity index (χ1n) is 8.90. The predicted molar refractivity (Wildman–Crippen MR) is 103 cm³/mol. The van der Waals surface area contributed by atoms with Crippen LogP contribution in [0.2, 0.25) is 0 Å². The summed E-state index contributed by atoms with van der Waals surface area (Å²) in [6.07, 6.45) is 0. The lowest BCUT2D eigenvalue weighted by atomic mass is 10.1. The van der Waals surface area contributed by atoms with Gasteiger partial charge in [-0.3, -0.25) is 9.59 Å². The minimum absolute atomic E-state index is 0.109. The lowest BCUT2D eigenvalue weighted by Gasteiger charge is -2.31. The lowest BCUT2D eigenvalue weighted by Crippen LogP contribution is -3.15. The van der Waals surface area contributed by atoms with Gasteiger partial charge in [0, 0.05) is 16.6 Å². The van der Waals surface area contributed by atoms with E-state index in [0.29, 0.717) is 19.6 Å². The zero-order chi connectivity index (χ0) is 18.1. The van der Waals surface area contributed by atoms with Crippen molar-refractivity contribution in [2.45, 2.75) is 6.92 Å². The van der Waals surface area contributed by atoms with Gasteiger partial charge in [0.05, 0.1) is 36.6 Å². The van der Waals surface area contributed by atoms with Crippen LogP contribution in [0.4, 0.5) is 0 Å². The number of hydrogen-bond donors (Lipinski definition) is 2. The molecule has 4 rings (SSSR count). The zero-order valence-electron chi connectivity index (χ0n) is 14.7. The second kappa shape index (κ2) is 7.05. The van der Waals surface area contributed by atoms with Crippen molar-refractivity contribution in [2.75, 3.05) is 32.7 Å². The topological polar surface area (TPSA) is 57.6 Å². The smallest absolute Gasteiger partial charge is 0.264 e. The number of carbonyl (C=O) groups excluding carboxylic acids is 2. The number of aromatic nitrogens is 1. The molecule has 0 unspecified atom stereocenters. The van der Waals surface area contributed by atoms with Crippen molar-refractivity contribution in [3.05, 3.63) is 57.9 Å². The summed E-state index contributed by atoms with van der Waals surface area (Å²) in [7, 11) is 0. The molecule has 2 aromatic heterocycles. The van der Waals surface area contributed by atoms with Crippen molar-refractivity contribution in [3.8, 4) is 0 Å². The first-order valence-corrected chi connectivity index (χ1v) is 9.78. The van der Waals surface area contributed by atoms with Crippen molar-refractivity contribution in [1.29, 1.82) is 0 Å². The molecule has 0 atom stereocenters. The Hall–Kier alpha value is -2.44. The van der Waals surface area contributed by atoms with Gasteiger partial charge in [-0.05, 0) is 24.4 Å². The molecule has 3 aromatic rings. The number of benzene rings is 1. The van der Waals surface area contributed by atoms with Gasteiger partial charge in [-0.25, -0.2) is 0 Å². The molecule has 2 N–H and O–H groups in total. The molecular formula is C20H22N3O2S+. The number of para-hydroxylation sites is 1. The number of nitrogens with zero attached hydrogens (tertiary/aromatic N) is 1. The summed E-state index contributed by atoms with van der Waals surface area (Å²) >= 11 is 1.48. The van der Waals surface area contributed by atoms with Gasteiger partial charge in [-0.15, -0.1) is 11.3 Å². The standard InChI is InChI=1S/C20H21N3O2S/c1-14-19(15-5-2-3-6-16(15)21-14)17(24)13-22-8-10-23(11-9-22)20(25)18-7-4-12-26-18/h2-7,12,21H,8-11,13H2,1H3/p+1. The summed E-state index contributed by atoms with van der Waals surface area (Å²) in [5.41, 5.74) is 2.75. The van der Waals surface area contributed by atoms with E-state index in [1.165, 1.54) is 16.2 Å². The van der Waals surface area contributed by atoms with E-state index in [1.54, 1.807) is 0 Å². The van der Waals surface area contributed by atoms with Crippen molar-refractivity contribution in [1.82, 2.24) is 9.88 Å². The highest BCUT2D eigenvalue weighted by molar-refractivity contribution is 7.12. The lowest BCUT2D eigenvalue weighted by molar-refractivity contribution is -0.895. The summed E-state index contributed by atoms with van der Waals surface area (Å²) in [5, 5.41) is 2.93. The Labute approximate surface area is 156 Å². The van der Waals surface area contributed by atoms with Crippen LogP contribution >= 0.6 is 11.3 Å². The highest BCUT2D eigenvalue weighted by Crippen LogP contribution is 2.21. The molecule has 0 aliphatic carbocycles. The Kier molecular flexibility index (Phi) is 4.61. The predicted octanol–water partition coefficient (Wildman–Crippen LogP) is 1.76. The minimum Gasteiger partial charge on any atom is -0.358 e. The van der Waals surface area contributed by atoms with E-state index in [1.807, 2.05) is 53.6 Å². The third-order valence-corrected chi connectivity index (χ3v) is 5.93. The van der Waals surface area contributed by atoms with Gasteiger partial charge in [0.15, 0.2) is 0 Å². The van der Waals surface area contributed by atoms with E-state index < -0.39 is 0 Å². The molecule has 0 bridgehead atoms. The summed E-state index contributed by atoms with van der Waals surface area (Å²) in [6.45, 7) is 5.46. The molecule has 1 aliphatic heterocycles. The molecule has 1 aromatic carbocycles. The summed E-state index contributed by atoms with van der Waals surface area (Å²) in [5.74, 6) is 0.283. The number of amides is 1. The number of aryl methyl sites for hydroxylation is 1. The Balaban J connectivity index is 1.40. The van der Waals surface area contributed by atoms with Crippen LogP contribution in [0.25, 0.3) is 10.9 Å². The van der Waals surface area contributed by atoms with Crippen molar-refractivity contribution >= 4 is 33.9 Å². The molecule has 26 heavy (non-hydrogen) atoms. The van der Waals surface area contributed by atoms with Crippen molar-refractivity contribution in [3.63, 3.8) is 0 Å². The molecule has 1 aliphatic rings. The SMILES string of the molecule is Cc1[nH]c2ccccc2c1C(=O)C[NH+]1CCN(C(=O)c2cccs2)CC1. The number of nitrogens with one attached hydrogen (secondary N) is 2. The van der Waals surface area contributed by atoms with E-state index >= 15 is 0 Å². The first kappa shape index (κ1) is 17.0. The Bertz CT molecular complexity index is 937. The highest BCUT2D eigenvalue weighted by Gasteiger charge is 2.27. The largest absolute Gasteiger partial charge is 0.358 e. The summed E-state index contributed by atoms with van der Waals surface area (Å²) in [6, 6.07) is 11.7. The van der Waals surface area contributed by atoms with Gasteiger partial charge in [0.25, 0.3) is 5.91 Å². The number of piperazine rings is 1. The van der Waals surface area contributed by atoms with Gasteiger partial charge >= 0.3 is 0 Å². The third kappa shape index (κ3) is 3.18. The molecule has 1 saturated heterocycles. The van der Waals surface area contributed by atoms with Crippen LogP contribution in [0, 0.1) is 6.92 Å². The Morgan fingerprint density at radius 3 is 2.65 bits per heavy atom. The normalized spacial score (nSPS) is 15.5. The second-order valence-corrected chi connectivity index (χ2v) is 7.74. The minimum atomic E-state index is 0.109. The summed E-state index contributed by atoms with van der Waals surface area (Å²) in [4.78, 5) is 32.6. The zero-order valence-corrected chi connectivity index (χ0v) is 15.6. The van der Waals surface area contributed by atoms with E-state index in [-0.39, 0.29) is 11.7 Å². The fraction of sp³-hybridized carbons (Fsp3) is 0.300. The Morgan fingerprint density at radius 1 is 1.15 bits per heavy atom. The van der Waals surface area contributed by atoms with Gasteiger partial charge in [0.1, 0.15) is 6.54 Å². The van der Waals surface area contributed by atoms with Gasteiger partial charge < -0.3 is 14.8 Å². The number of fused-ring (bicyclic) bond motifs is 1. The molecule has 3 heterocycles. The second-order valence-electron chi connectivity index (χ2n) is 6.79. The highest BCUT2D eigenvalue weighted by atomic mass is 32.1. The molecular weight excluding hydrogens is 346 g/mol.